The van der Waals surface area contributed by atoms with Crippen molar-refractivity contribution in [3.05, 3.63) is 0 Å². The zero-order valence-electron chi connectivity index (χ0n) is 8.48. The van der Waals surface area contributed by atoms with Crippen LogP contribution in [0, 0.1) is 0 Å². The third-order valence-electron chi connectivity index (χ3n) is 2.55. The average Bonchev–Trinajstić information content (AvgIpc) is 2.18. The van der Waals surface area contributed by atoms with Gasteiger partial charge in [0.25, 0.3) is 0 Å². The lowest BCUT2D eigenvalue weighted by Gasteiger charge is -2.30. The van der Waals surface area contributed by atoms with Crippen molar-refractivity contribution in [2.45, 2.75) is 38.2 Å². The maximum absolute atomic E-state index is 11.6. The first-order chi connectivity index (χ1) is 6.74. The molecule has 0 radical (unpaired) electrons. The molecule has 0 aromatic rings. The number of hydrogen-bond donors (Lipinski definition) is 2. The van der Waals surface area contributed by atoms with Crippen LogP contribution in [0.2, 0.25) is 0 Å². The van der Waals surface area contributed by atoms with Crippen molar-refractivity contribution >= 4 is 5.91 Å². The second-order valence-electron chi connectivity index (χ2n) is 3.82. The lowest BCUT2D eigenvalue weighted by Crippen LogP contribution is -2.42. The van der Waals surface area contributed by atoms with Crippen LogP contribution in [0.1, 0.15) is 32.1 Å². The molecule has 0 aromatic heterocycles. The maximum Gasteiger partial charge on any atom is 0.222 e. The molecule has 1 amide bonds. The third kappa shape index (κ3) is 3.64. The van der Waals surface area contributed by atoms with Gasteiger partial charge < -0.3 is 15.1 Å². The minimum absolute atomic E-state index is 0.109. The summed E-state index contributed by atoms with van der Waals surface area (Å²) in [5, 5.41) is 17.9. The van der Waals surface area contributed by atoms with E-state index in [9.17, 15) is 9.90 Å². The average molecular weight is 201 g/mol. The molecule has 1 rings (SSSR count). The van der Waals surface area contributed by atoms with Crippen molar-refractivity contribution in [2.75, 3.05) is 19.7 Å². The van der Waals surface area contributed by atoms with Gasteiger partial charge in [-0.3, -0.25) is 4.79 Å². The molecule has 1 fully saturated rings. The maximum atomic E-state index is 11.6. The van der Waals surface area contributed by atoms with E-state index in [4.69, 9.17) is 5.11 Å². The summed E-state index contributed by atoms with van der Waals surface area (Å²) in [6.45, 7) is 1.41. The molecule has 0 bridgehead atoms. The first-order valence-corrected chi connectivity index (χ1v) is 5.30. The van der Waals surface area contributed by atoms with E-state index >= 15 is 0 Å². The number of likely N-dealkylation sites (tertiary alicyclic amines) is 1. The predicted molar refractivity (Wildman–Crippen MR) is 52.8 cm³/mol. The van der Waals surface area contributed by atoms with Crippen LogP contribution in [0.5, 0.6) is 0 Å². The van der Waals surface area contributed by atoms with Gasteiger partial charge in [-0.25, -0.2) is 0 Å². The number of carbonyl (C=O) groups excluding carboxylic acids is 1. The Bertz CT molecular complexity index is 184. The normalized spacial score (nSPS) is 22.4. The fourth-order valence-corrected chi connectivity index (χ4v) is 1.73. The number of unbranched alkanes of at least 4 members (excludes halogenated alkanes) is 1. The van der Waals surface area contributed by atoms with Gasteiger partial charge in [0.1, 0.15) is 0 Å². The number of aliphatic hydroxyl groups is 2. The number of amides is 1. The molecule has 0 spiro atoms. The van der Waals surface area contributed by atoms with E-state index in [-0.39, 0.29) is 18.6 Å². The van der Waals surface area contributed by atoms with Crippen molar-refractivity contribution in [2.24, 2.45) is 0 Å². The minimum atomic E-state index is -0.342. The highest BCUT2D eigenvalue weighted by Crippen LogP contribution is 2.11. The van der Waals surface area contributed by atoms with Crippen molar-refractivity contribution in [1.82, 2.24) is 4.90 Å². The number of aliphatic hydroxyl groups excluding tert-OH is 2. The van der Waals surface area contributed by atoms with Crippen LogP contribution in [0.15, 0.2) is 0 Å². The molecule has 4 nitrogen and oxygen atoms in total. The Morgan fingerprint density at radius 1 is 1.43 bits per heavy atom. The van der Waals surface area contributed by atoms with Crippen molar-refractivity contribution in [3.8, 4) is 0 Å². The Morgan fingerprint density at radius 3 is 2.86 bits per heavy atom. The molecule has 0 aromatic carbocycles. The predicted octanol–water partition coefficient (Wildman–Crippen LogP) is 0.132. The van der Waals surface area contributed by atoms with Gasteiger partial charge in [0.15, 0.2) is 0 Å². The SMILES string of the molecule is O=C(CCCCO)N1CCC[C@H](O)C1. The Hall–Kier alpha value is -0.610. The fraction of sp³-hybridized carbons (Fsp3) is 0.900. The molecule has 4 heteroatoms. The van der Waals surface area contributed by atoms with E-state index in [0.29, 0.717) is 19.4 Å². The first-order valence-electron chi connectivity index (χ1n) is 5.30. The Labute approximate surface area is 84.5 Å². The van der Waals surface area contributed by atoms with Crippen molar-refractivity contribution in [3.63, 3.8) is 0 Å². The van der Waals surface area contributed by atoms with Crippen LogP contribution in [0.3, 0.4) is 0 Å². The van der Waals surface area contributed by atoms with Gasteiger partial charge in [-0.1, -0.05) is 0 Å². The topological polar surface area (TPSA) is 60.8 Å². The Kier molecular flexibility index (Phi) is 4.90. The van der Waals surface area contributed by atoms with Gasteiger partial charge in [-0.05, 0) is 25.7 Å². The number of nitrogens with zero attached hydrogens (tertiary/aromatic N) is 1. The molecule has 0 saturated carbocycles. The molecule has 0 aliphatic carbocycles. The minimum Gasteiger partial charge on any atom is -0.396 e. The summed E-state index contributed by atoms with van der Waals surface area (Å²) >= 11 is 0. The number of β-amino-alcohol motifs (C(OH)–C–C–N with tert-alkyl or cyclic N) is 1. The van der Waals surface area contributed by atoms with Crippen LogP contribution < -0.4 is 0 Å². The highest BCUT2D eigenvalue weighted by Gasteiger charge is 2.21. The molecule has 14 heavy (non-hydrogen) atoms. The van der Waals surface area contributed by atoms with Crippen molar-refractivity contribution < 1.29 is 15.0 Å². The largest absolute Gasteiger partial charge is 0.396 e. The number of hydrogen-bond acceptors (Lipinski definition) is 3. The second-order valence-corrected chi connectivity index (χ2v) is 3.82. The summed E-state index contributed by atoms with van der Waals surface area (Å²) in [6, 6.07) is 0. The van der Waals surface area contributed by atoms with E-state index in [0.717, 1.165) is 25.8 Å². The smallest absolute Gasteiger partial charge is 0.222 e. The van der Waals surface area contributed by atoms with E-state index in [1.807, 2.05) is 0 Å². The number of piperidine rings is 1. The van der Waals surface area contributed by atoms with Gasteiger partial charge in [0, 0.05) is 26.1 Å². The van der Waals surface area contributed by atoms with Crippen LogP contribution >= 0.6 is 0 Å². The van der Waals surface area contributed by atoms with E-state index < -0.39 is 0 Å². The Morgan fingerprint density at radius 2 is 2.21 bits per heavy atom. The highest BCUT2D eigenvalue weighted by atomic mass is 16.3. The molecule has 82 valence electrons. The zero-order chi connectivity index (χ0) is 10.4. The van der Waals surface area contributed by atoms with Gasteiger partial charge in [-0.2, -0.15) is 0 Å². The Balaban J connectivity index is 2.22. The lowest BCUT2D eigenvalue weighted by atomic mass is 10.1. The van der Waals surface area contributed by atoms with E-state index in [2.05, 4.69) is 0 Å². The summed E-state index contributed by atoms with van der Waals surface area (Å²) in [5.41, 5.74) is 0. The van der Waals surface area contributed by atoms with Gasteiger partial charge in [0.2, 0.25) is 5.91 Å². The fourth-order valence-electron chi connectivity index (χ4n) is 1.73. The third-order valence-corrected chi connectivity index (χ3v) is 2.55. The quantitative estimate of drug-likeness (QED) is 0.636. The number of rotatable bonds is 4. The second kappa shape index (κ2) is 5.98. The standard InChI is InChI=1S/C10H19NO3/c12-7-2-1-5-10(14)11-6-3-4-9(13)8-11/h9,12-13H,1-8H2/t9-/m0/s1. The molecular formula is C10H19NO3. The van der Waals surface area contributed by atoms with E-state index in [1.54, 1.807) is 4.90 Å². The molecule has 0 unspecified atom stereocenters. The summed E-state index contributed by atoms with van der Waals surface area (Å²) in [5.74, 6) is 0.109. The molecule has 1 saturated heterocycles. The molecule has 1 atom stereocenters. The van der Waals surface area contributed by atoms with Crippen LogP contribution in [0.4, 0.5) is 0 Å². The van der Waals surface area contributed by atoms with Crippen LogP contribution in [-0.4, -0.2) is 46.8 Å². The summed E-state index contributed by atoms with van der Waals surface area (Å²) in [6.07, 6.45) is 3.27. The molecular weight excluding hydrogens is 182 g/mol. The molecule has 2 N–H and O–H groups in total. The molecule has 1 aliphatic rings. The summed E-state index contributed by atoms with van der Waals surface area (Å²) in [7, 11) is 0. The van der Waals surface area contributed by atoms with Crippen LogP contribution in [0.25, 0.3) is 0 Å². The van der Waals surface area contributed by atoms with Gasteiger partial charge >= 0.3 is 0 Å². The number of carbonyl (C=O) groups is 1. The molecule has 1 aliphatic heterocycles. The lowest BCUT2D eigenvalue weighted by molar-refractivity contribution is -0.134. The highest BCUT2D eigenvalue weighted by molar-refractivity contribution is 5.76. The van der Waals surface area contributed by atoms with Crippen molar-refractivity contribution in [1.29, 1.82) is 0 Å². The first kappa shape index (κ1) is 11.5. The van der Waals surface area contributed by atoms with E-state index in [1.165, 1.54) is 0 Å². The van der Waals surface area contributed by atoms with Gasteiger partial charge in [0.05, 0.1) is 6.10 Å². The van der Waals surface area contributed by atoms with Crippen LogP contribution in [-0.2, 0) is 4.79 Å². The molecule has 1 heterocycles. The zero-order valence-corrected chi connectivity index (χ0v) is 8.48. The summed E-state index contributed by atoms with van der Waals surface area (Å²) in [4.78, 5) is 13.3. The van der Waals surface area contributed by atoms with Gasteiger partial charge in [-0.15, -0.1) is 0 Å². The monoisotopic (exact) mass is 201 g/mol. The summed E-state index contributed by atoms with van der Waals surface area (Å²) < 4.78 is 0.